The second kappa shape index (κ2) is 3.96. The van der Waals surface area contributed by atoms with Gasteiger partial charge < -0.3 is 5.32 Å². The number of nitrogens with one attached hydrogen (secondary N) is 1. The molecule has 0 saturated carbocycles. The summed E-state index contributed by atoms with van der Waals surface area (Å²) in [5, 5.41) is 3.29. The fourth-order valence-corrected chi connectivity index (χ4v) is 2.55. The minimum atomic E-state index is -0.0750. The van der Waals surface area contributed by atoms with E-state index in [2.05, 4.69) is 11.4 Å². The molecule has 1 aromatic carbocycles. The largest absolute Gasteiger partial charge is 0.312 e. The van der Waals surface area contributed by atoms with E-state index in [4.69, 9.17) is 0 Å². The zero-order valence-corrected chi connectivity index (χ0v) is 9.53. The van der Waals surface area contributed by atoms with Crippen LogP contribution in [0, 0.1) is 0 Å². The van der Waals surface area contributed by atoms with Crippen LogP contribution in [0.4, 0.5) is 5.69 Å². The van der Waals surface area contributed by atoms with E-state index in [0.29, 0.717) is 12.8 Å². The molecule has 2 aliphatic rings. The Morgan fingerprint density at radius 3 is 2.59 bits per heavy atom. The number of carbonyl (C=O) groups is 2. The van der Waals surface area contributed by atoms with E-state index in [1.165, 1.54) is 10.5 Å². The van der Waals surface area contributed by atoms with Crippen molar-refractivity contribution in [3.05, 3.63) is 29.3 Å². The third kappa shape index (κ3) is 1.65. The fourth-order valence-electron chi connectivity index (χ4n) is 2.55. The van der Waals surface area contributed by atoms with Gasteiger partial charge in [-0.1, -0.05) is 12.1 Å². The number of fused-ring (bicyclic) bond motifs is 1. The van der Waals surface area contributed by atoms with E-state index >= 15 is 0 Å². The lowest BCUT2D eigenvalue weighted by atomic mass is 9.99. The molecule has 1 aromatic rings. The standard InChI is InChI=1S/C13H14N2O2/c16-12-4-5-13(17)15(12)11-3-1-2-9-6-7-14-8-10(9)11/h1-3,14H,4-8H2. The average molecular weight is 230 g/mol. The van der Waals surface area contributed by atoms with Gasteiger partial charge in [-0.25, -0.2) is 0 Å². The molecule has 3 rings (SSSR count). The topological polar surface area (TPSA) is 49.4 Å². The third-order valence-electron chi connectivity index (χ3n) is 3.41. The Morgan fingerprint density at radius 1 is 1.06 bits per heavy atom. The van der Waals surface area contributed by atoms with Crippen LogP contribution >= 0.6 is 0 Å². The molecule has 0 aliphatic carbocycles. The van der Waals surface area contributed by atoms with Crippen molar-refractivity contribution in [3.63, 3.8) is 0 Å². The van der Waals surface area contributed by atoms with Gasteiger partial charge in [-0.2, -0.15) is 0 Å². The van der Waals surface area contributed by atoms with E-state index in [1.54, 1.807) is 0 Å². The molecule has 0 aromatic heterocycles. The molecule has 0 spiro atoms. The van der Waals surface area contributed by atoms with Crippen molar-refractivity contribution < 1.29 is 9.59 Å². The zero-order chi connectivity index (χ0) is 11.8. The van der Waals surface area contributed by atoms with E-state index in [9.17, 15) is 9.59 Å². The molecule has 2 aliphatic heterocycles. The Balaban J connectivity index is 2.08. The molecule has 1 saturated heterocycles. The predicted octanol–water partition coefficient (Wildman–Crippen LogP) is 0.986. The second-order valence-corrected chi connectivity index (χ2v) is 4.46. The predicted molar refractivity (Wildman–Crippen MR) is 63.6 cm³/mol. The molecule has 0 bridgehead atoms. The van der Waals surface area contributed by atoms with Crippen LogP contribution in [0.15, 0.2) is 18.2 Å². The van der Waals surface area contributed by atoms with Crippen molar-refractivity contribution >= 4 is 17.5 Å². The molecule has 0 unspecified atom stereocenters. The third-order valence-corrected chi connectivity index (χ3v) is 3.41. The molecular formula is C13H14N2O2. The van der Waals surface area contributed by atoms with Gasteiger partial charge >= 0.3 is 0 Å². The van der Waals surface area contributed by atoms with Crippen LogP contribution in [-0.2, 0) is 22.6 Å². The Labute approximate surface area is 99.6 Å². The first kappa shape index (κ1) is 10.5. The Kier molecular flexibility index (Phi) is 2.44. The number of hydrogen-bond donors (Lipinski definition) is 1. The quantitative estimate of drug-likeness (QED) is 0.732. The molecule has 88 valence electrons. The molecule has 1 N–H and O–H groups in total. The number of nitrogens with zero attached hydrogens (tertiary/aromatic N) is 1. The summed E-state index contributed by atoms with van der Waals surface area (Å²) in [6.07, 6.45) is 1.64. The van der Waals surface area contributed by atoms with E-state index in [-0.39, 0.29) is 11.8 Å². The van der Waals surface area contributed by atoms with E-state index in [0.717, 1.165) is 30.8 Å². The van der Waals surface area contributed by atoms with Gasteiger partial charge in [-0.05, 0) is 30.2 Å². The summed E-state index contributed by atoms with van der Waals surface area (Å²) in [4.78, 5) is 24.9. The summed E-state index contributed by atoms with van der Waals surface area (Å²) < 4.78 is 0. The Hall–Kier alpha value is -1.68. The molecule has 1 fully saturated rings. The van der Waals surface area contributed by atoms with Crippen molar-refractivity contribution in [1.29, 1.82) is 0 Å². The summed E-state index contributed by atoms with van der Waals surface area (Å²) in [5.41, 5.74) is 3.12. The minimum Gasteiger partial charge on any atom is -0.312 e. The van der Waals surface area contributed by atoms with Crippen molar-refractivity contribution in [2.45, 2.75) is 25.8 Å². The first-order valence-corrected chi connectivity index (χ1v) is 5.94. The summed E-state index contributed by atoms with van der Waals surface area (Å²) in [6.45, 7) is 1.70. The molecule has 2 amide bonds. The van der Waals surface area contributed by atoms with Crippen molar-refractivity contribution in [1.82, 2.24) is 5.32 Å². The first-order valence-electron chi connectivity index (χ1n) is 5.94. The summed E-state index contributed by atoms with van der Waals surface area (Å²) in [6, 6.07) is 5.87. The number of amides is 2. The molecule has 4 nitrogen and oxygen atoms in total. The monoisotopic (exact) mass is 230 g/mol. The first-order chi connectivity index (χ1) is 8.27. The van der Waals surface area contributed by atoms with E-state index < -0.39 is 0 Å². The summed E-state index contributed by atoms with van der Waals surface area (Å²) >= 11 is 0. The Morgan fingerprint density at radius 2 is 1.82 bits per heavy atom. The van der Waals surface area contributed by atoms with Crippen molar-refractivity contribution in [2.75, 3.05) is 11.4 Å². The maximum Gasteiger partial charge on any atom is 0.234 e. The highest BCUT2D eigenvalue weighted by Crippen LogP contribution is 2.30. The summed E-state index contributed by atoms with van der Waals surface area (Å²) in [5.74, 6) is -0.150. The Bertz CT molecular complexity index is 480. The van der Waals surface area contributed by atoms with Gasteiger partial charge in [0.2, 0.25) is 11.8 Å². The van der Waals surface area contributed by atoms with Gasteiger partial charge in [-0.15, -0.1) is 0 Å². The molecule has 17 heavy (non-hydrogen) atoms. The maximum absolute atomic E-state index is 11.8. The van der Waals surface area contributed by atoms with Gasteiger partial charge in [0.05, 0.1) is 5.69 Å². The molecular weight excluding hydrogens is 216 g/mol. The van der Waals surface area contributed by atoms with Crippen LogP contribution in [0.25, 0.3) is 0 Å². The highest BCUT2D eigenvalue weighted by molar-refractivity contribution is 6.20. The normalized spacial score (nSPS) is 19.6. The number of benzene rings is 1. The minimum absolute atomic E-state index is 0.0750. The highest BCUT2D eigenvalue weighted by Gasteiger charge is 2.32. The SMILES string of the molecule is O=C1CCC(=O)N1c1cccc2c1CNCC2. The maximum atomic E-state index is 11.8. The number of imide groups is 1. The number of anilines is 1. The molecule has 4 heteroatoms. The van der Waals surface area contributed by atoms with Crippen LogP contribution in [0.2, 0.25) is 0 Å². The van der Waals surface area contributed by atoms with Crippen LogP contribution in [0.1, 0.15) is 24.0 Å². The molecule has 2 heterocycles. The molecule has 0 radical (unpaired) electrons. The summed E-state index contributed by atoms with van der Waals surface area (Å²) in [7, 11) is 0. The van der Waals surface area contributed by atoms with Crippen molar-refractivity contribution in [2.24, 2.45) is 0 Å². The van der Waals surface area contributed by atoms with E-state index in [1.807, 2.05) is 12.1 Å². The second-order valence-electron chi connectivity index (χ2n) is 4.46. The van der Waals surface area contributed by atoms with Crippen LogP contribution in [0.5, 0.6) is 0 Å². The average Bonchev–Trinajstić information content (AvgIpc) is 2.69. The van der Waals surface area contributed by atoms with Gasteiger partial charge in [0.15, 0.2) is 0 Å². The highest BCUT2D eigenvalue weighted by atomic mass is 16.2. The van der Waals surface area contributed by atoms with Gasteiger partial charge in [0.1, 0.15) is 0 Å². The lowest BCUT2D eigenvalue weighted by Crippen LogP contribution is -2.32. The van der Waals surface area contributed by atoms with Crippen LogP contribution in [-0.4, -0.2) is 18.4 Å². The number of carbonyl (C=O) groups excluding carboxylic acids is 2. The van der Waals surface area contributed by atoms with Gasteiger partial charge in [0, 0.05) is 19.4 Å². The van der Waals surface area contributed by atoms with Gasteiger partial charge in [-0.3, -0.25) is 14.5 Å². The lowest BCUT2D eigenvalue weighted by Gasteiger charge is -2.24. The number of rotatable bonds is 1. The lowest BCUT2D eigenvalue weighted by molar-refractivity contribution is -0.121. The van der Waals surface area contributed by atoms with Gasteiger partial charge in [0.25, 0.3) is 0 Å². The smallest absolute Gasteiger partial charge is 0.234 e. The van der Waals surface area contributed by atoms with Crippen LogP contribution < -0.4 is 10.2 Å². The van der Waals surface area contributed by atoms with Crippen molar-refractivity contribution in [3.8, 4) is 0 Å². The molecule has 0 atom stereocenters. The fraction of sp³-hybridized carbons (Fsp3) is 0.385. The van der Waals surface area contributed by atoms with Crippen LogP contribution in [0.3, 0.4) is 0 Å². The number of hydrogen-bond acceptors (Lipinski definition) is 3. The zero-order valence-electron chi connectivity index (χ0n) is 9.53.